The van der Waals surface area contributed by atoms with Crippen LogP contribution < -0.4 is 14.4 Å². The fraction of sp³-hybridized carbons (Fsp3) is 0.250. The van der Waals surface area contributed by atoms with Crippen LogP contribution in [0.25, 0.3) is 11.0 Å². The van der Waals surface area contributed by atoms with Crippen molar-refractivity contribution in [3.63, 3.8) is 0 Å². The highest BCUT2D eigenvalue weighted by atomic mass is 32.2. The number of amides is 1. The molecule has 9 heteroatoms. The van der Waals surface area contributed by atoms with Gasteiger partial charge in [-0.2, -0.15) is 0 Å². The van der Waals surface area contributed by atoms with Crippen LogP contribution in [0.5, 0.6) is 5.75 Å². The predicted octanol–water partition coefficient (Wildman–Crippen LogP) is 5.60. The van der Waals surface area contributed by atoms with E-state index in [1.54, 1.807) is 18.2 Å². The molecule has 0 saturated carbocycles. The third-order valence-electron chi connectivity index (χ3n) is 6.40. The molecule has 1 N–H and O–H groups in total. The Balaban J connectivity index is 1.42. The van der Waals surface area contributed by atoms with E-state index in [2.05, 4.69) is 4.72 Å². The smallest absolute Gasteiger partial charge is 0.300 e. The Hall–Kier alpha value is -3.85. The highest BCUT2D eigenvalue weighted by Gasteiger charge is 2.27. The second-order valence-corrected chi connectivity index (χ2v) is 11.0. The number of sulfonamides is 1. The van der Waals surface area contributed by atoms with Crippen molar-refractivity contribution in [3.8, 4) is 5.75 Å². The summed E-state index contributed by atoms with van der Waals surface area (Å²) in [5, 5.41) is 0.112. The molecule has 7 nitrogen and oxygen atoms in total. The topological polar surface area (TPSA) is 88.8 Å². The van der Waals surface area contributed by atoms with Crippen LogP contribution in [0.3, 0.4) is 0 Å². The molecule has 1 fully saturated rings. The van der Waals surface area contributed by atoms with Gasteiger partial charge in [-0.25, -0.2) is 17.5 Å². The Kier molecular flexibility index (Phi) is 6.64. The van der Waals surface area contributed by atoms with Crippen molar-refractivity contribution in [2.75, 3.05) is 18.0 Å². The van der Waals surface area contributed by atoms with Gasteiger partial charge in [0.15, 0.2) is 5.76 Å². The van der Waals surface area contributed by atoms with Crippen molar-refractivity contribution in [1.29, 1.82) is 0 Å². The maximum absolute atomic E-state index is 14.7. The summed E-state index contributed by atoms with van der Waals surface area (Å²) in [5.41, 5.74) is 2.47. The maximum atomic E-state index is 14.7. The minimum atomic E-state index is -4.35. The zero-order valence-electron chi connectivity index (χ0n) is 20.5. The summed E-state index contributed by atoms with van der Waals surface area (Å²) in [4.78, 5) is 14.8. The van der Waals surface area contributed by atoms with E-state index < -0.39 is 21.7 Å². The van der Waals surface area contributed by atoms with Gasteiger partial charge >= 0.3 is 5.91 Å². The Morgan fingerprint density at radius 1 is 1.08 bits per heavy atom. The van der Waals surface area contributed by atoms with E-state index in [0.717, 1.165) is 30.6 Å². The number of anilines is 1. The summed E-state index contributed by atoms with van der Waals surface area (Å²) in [6.45, 7) is 5.67. The molecule has 4 aromatic rings. The highest BCUT2D eigenvalue weighted by molar-refractivity contribution is 7.90. The third-order valence-corrected chi connectivity index (χ3v) is 7.76. The van der Waals surface area contributed by atoms with Gasteiger partial charge in [-0.3, -0.25) is 4.79 Å². The number of halogens is 1. The number of benzene rings is 3. The molecule has 1 aliphatic rings. The predicted molar refractivity (Wildman–Crippen MR) is 139 cm³/mol. The number of nitrogens with one attached hydrogen (secondary N) is 1. The van der Waals surface area contributed by atoms with E-state index in [1.165, 1.54) is 18.2 Å². The van der Waals surface area contributed by atoms with Crippen molar-refractivity contribution < 1.29 is 26.8 Å². The van der Waals surface area contributed by atoms with Gasteiger partial charge in [0.1, 0.15) is 28.7 Å². The van der Waals surface area contributed by atoms with Crippen LogP contribution in [0.15, 0.2) is 76.0 Å². The van der Waals surface area contributed by atoms with Crippen molar-refractivity contribution in [2.45, 2.75) is 37.7 Å². The first kappa shape index (κ1) is 24.8. The van der Waals surface area contributed by atoms with E-state index in [1.807, 2.05) is 49.1 Å². The molecular formula is C28H27FN2O5S. The van der Waals surface area contributed by atoms with Crippen LogP contribution in [0.4, 0.5) is 10.1 Å². The standard InChI is InChI=1S/C28H27FN2O5S/c1-18(2)20-9-10-24(35-17-19-7-4-3-5-8-19)27(13-20)37(33,34)30-28(32)26-16-22-23(29)14-21(15-25(22)36-26)31-11-6-12-31/h3-5,7-10,13-16,18H,6,11-12,17H2,1-2H3,(H,30,32). The van der Waals surface area contributed by atoms with Gasteiger partial charge in [0.25, 0.3) is 10.0 Å². The molecule has 0 radical (unpaired) electrons. The molecule has 0 bridgehead atoms. The van der Waals surface area contributed by atoms with E-state index in [0.29, 0.717) is 5.69 Å². The van der Waals surface area contributed by atoms with Crippen LogP contribution in [0, 0.1) is 5.82 Å². The quantitative estimate of drug-likeness (QED) is 0.324. The zero-order valence-corrected chi connectivity index (χ0v) is 21.3. The van der Waals surface area contributed by atoms with Crippen molar-refractivity contribution in [2.24, 2.45) is 0 Å². The fourth-order valence-corrected chi connectivity index (χ4v) is 5.26. The summed E-state index contributed by atoms with van der Waals surface area (Å²) >= 11 is 0. The number of nitrogens with zero attached hydrogens (tertiary/aromatic N) is 1. The Morgan fingerprint density at radius 3 is 2.51 bits per heavy atom. The van der Waals surface area contributed by atoms with Gasteiger partial charge in [0.2, 0.25) is 0 Å². The lowest BCUT2D eigenvalue weighted by molar-refractivity contribution is 0.0956. The van der Waals surface area contributed by atoms with Crippen LogP contribution >= 0.6 is 0 Å². The molecule has 1 saturated heterocycles. The van der Waals surface area contributed by atoms with Gasteiger partial charge in [0.05, 0.1) is 5.39 Å². The highest BCUT2D eigenvalue weighted by Crippen LogP contribution is 2.32. The van der Waals surface area contributed by atoms with Crippen LogP contribution in [-0.4, -0.2) is 27.4 Å². The molecule has 0 spiro atoms. The second-order valence-electron chi connectivity index (χ2n) is 9.36. The Bertz CT molecular complexity index is 1560. The lowest BCUT2D eigenvalue weighted by Gasteiger charge is -2.33. The molecule has 3 aromatic carbocycles. The molecule has 5 rings (SSSR count). The summed E-state index contributed by atoms with van der Waals surface area (Å²) in [6.07, 6.45) is 1.03. The first-order chi connectivity index (χ1) is 17.7. The number of hydrogen-bond donors (Lipinski definition) is 1. The molecule has 0 atom stereocenters. The van der Waals surface area contributed by atoms with Gasteiger partial charge in [-0.1, -0.05) is 50.2 Å². The van der Waals surface area contributed by atoms with Gasteiger partial charge < -0.3 is 14.1 Å². The van der Waals surface area contributed by atoms with Gasteiger partial charge in [-0.05, 0) is 41.7 Å². The summed E-state index contributed by atoms with van der Waals surface area (Å²) in [5.74, 6) is -1.67. The fourth-order valence-electron chi connectivity index (χ4n) is 4.13. The minimum Gasteiger partial charge on any atom is -0.487 e. The number of ether oxygens (including phenoxy) is 1. The first-order valence-corrected chi connectivity index (χ1v) is 13.6. The van der Waals surface area contributed by atoms with Crippen LogP contribution in [0.2, 0.25) is 0 Å². The first-order valence-electron chi connectivity index (χ1n) is 12.1. The molecule has 37 heavy (non-hydrogen) atoms. The molecule has 1 aliphatic heterocycles. The molecule has 1 amide bonds. The van der Waals surface area contributed by atoms with E-state index in [-0.39, 0.29) is 39.9 Å². The van der Waals surface area contributed by atoms with Crippen LogP contribution in [-0.2, 0) is 16.6 Å². The second kappa shape index (κ2) is 9.89. The van der Waals surface area contributed by atoms with Crippen molar-refractivity contribution in [1.82, 2.24) is 4.72 Å². The van der Waals surface area contributed by atoms with E-state index >= 15 is 0 Å². The molecule has 0 aliphatic carbocycles. The number of carbonyl (C=O) groups excluding carboxylic acids is 1. The lowest BCUT2D eigenvalue weighted by atomic mass is 10.0. The summed E-state index contributed by atoms with van der Waals surface area (Å²) < 4.78 is 54.9. The van der Waals surface area contributed by atoms with Crippen LogP contribution in [0.1, 0.15) is 47.9 Å². The lowest BCUT2D eigenvalue weighted by Crippen LogP contribution is -2.36. The number of furan rings is 1. The van der Waals surface area contributed by atoms with Crippen molar-refractivity contribution in [3.05, 3.63) is 89.4 Å². The van der Waals surface area contributed by atoms with Gasteiger partial charge in [-0.15, -0.1) is 0 Å². The summed E-state index contributed by atoms with van der Waals surface area (Å²) in [7, 11) is -4.35. The van der Waals surface area contributed by atoms with Gasteiger partial charge in [0, 0.05) is 30.9 Å². The number of rotatable bonds is 8. The normalized spacial score (nSPS) is 13.6. The average molecular weight is 523 g/mol. The number of hydrogen-bond acceptors (Lipinski definition) is 6. The number of fused-ring (bicyclic) bond motifs is 1. The maximum Gasteiger partial charge on any atom is 0.300 e. The molecule has 1 aromatic heterocycles. The minimum absolute atomic E-state index is 0.0479. The molecule has 0 unspecified atom stereocenters. The van der Waals surface area contributed by atoms with Crippen molar-refractivity contribution >= 4 is 32.6 Å². The molecule has 192 valence electrons. The zero-order chi connectivity index (χ0) is 26.2. The third kappa shape index (κ3) is 5.17. The summed E-state index contributed by atoms with van der Waals surface area (Å²) in [6, 6.07) is 18.5. The largest absolute Gasteiger partial charge is 0.487 e. The number of carbonyl (C=O) groups is 1. The Morgan fingerprint density at radius 2 is 1.84 bits per heavy atom. The average Bonchev–Trinajstić information content (AvgIpc) is 3.27. The van der Waals surface area contributed by atoms with E-state index in [4.69, 9.17) is 9.15 Å². The Labute approximate surface area is 214 Å². The molecular weight excluding hydrogens is 495 g/mol. The molecule has 2 heterocycles. The monoisotopic (exact) mass is 522 g/mol. The SMILES string of the molecule is CC(C)c1ccc(OCc2ccccc2)c(S(=O)(=O)NC(=O)c2cc3c(F)cc(N4CCC4)cc3o2)c1. The van der Waals surface area contributed by atoms with E-state index in [9.17, 15) is 17.6 Å².